The van der Waals surface area contributed by atoms with E-state index in [9.17, 15) is 0 Å². The van der Waals surface area contributed by atoms with Gasteiger partial charge in [0.2, 0.25) is 0 Å². The van der Waals surface area contributed by atoms with Crippen LogP contribution in [0.15, 0.2) is 54.7 Å². The maximum atomic E-state index is 3.46. The first-order valence-electron chi connectivity index (χ1n) is 10.0. The normalized spacial score (nSPS) is 12.5. The van der Waals surface area contributed by atoms with Crippen molar-refractivity contribution in [3.8, 4) is 0 Å². The second kappa shape index (κ2) is 9.87. The summed E-state index contributed by atoms with van der Waals surface area (Å²) in [5.74, 6) is 1.23. The van der Waals surface area contributed by atoms with Crippen molar-refractivity contribution in [2.45, 2.75) is 57.6 Å². The maximum absolute atomic E-state index is 3.46. The molecule has 0 aliphatic carbocycles. The number of hydrogen-bond acceptors (Lipinski definition) is 1. The van der Waals surface area contributed by atoms with Crippen molar-refractivity contribution < 1.29 is 0 Å². The molecule has 2 heteroatoms. The van der Waals surface area contributed by atoms with Crippen molar-refractivity contribution in [3.05, 3.63) is 71.4 Å². The van der Waals surface area contributed by atoms with E-state index < -0.39 is 0 Å². The number of rotatable bonds is 10. The smallest absolute Gasteiger partial charge is 0.0567 e. The standard InChI is InChI=1S/C24H31NS/c1-3-4-5-6-7-10-17-26-24(20-15-13-19(2)14-16-20)22-18-25-23-12-9-8-11-21(22)23/h8-9,11-16,18,24-25H,3-7,10,17H2,1-2H3. The van der Waals surface area contributed by atoms with Gasteiger partial charge in [-0.25, -0.2) is 0 Å². The van der Waals surface area contributed by atoms with Crippen molar-refractivity contribution in [1.82, 2.24) is 4.98 Å². The molecule has 1 unspecified atom stereocenters. The Labute approximate surface area is 162 Å². The number of nitrogens with one attached hydrogen (secondary N) is 1. The van der Waals surface area contributed by atoms with Crippen LogP contribution in [0, 0.1) is 6.92 Å². The molecule has 0 aliphatic heterocycles. The summed E-state index contributed by atoms with van der Waals surface area (Å²) in [4.78, 5) is 3.46. The summed E-state index contributed by atoms with van der Waals surface area (Å²) >= 11 is 2.10. The van der Waals surface area contributed by atoms with Crippen LogP contribution in [0.3, 0.4) is 0 Å². The van der Waals surface area contributed by atoms with Crippen LogP contribution in [0.25, 0.3) is 10.9 Å². The molecule has 2 aromatic carbocycles. The third-order valence-corrected chi connectivity index (χ3v) is 6.45. The van der Waals surface area contributed by atoms with Crippen LogP contribution < -0.4 is 0 Å². The Morgan fingerprint density at radius 1 is 0.885 bits per heavy atom. The van der Waals surface area contributed by atoms with Gasteiger partial charge in [0.15, 0.2) is 0 Å². The highest BCUT2D eigenvalue weighted by Crippen LogP contribution is 2.39. The molecular formula is C24H31NS. The largest absolute Gasteiger partial charge is 0.361 e. The summed E-state index contributed by atoms with van der Waals surface area (Å²) in [5, 5.41) is 1.76. The van der Waals surface area contributed by atoms with Crippen LogP contribution in [0.4, 0.5) is 0 Å². The fraction of sp³-hybridized carbons (Fsp3) is 0.417. The summed E-state index contributed by atoms with van der Waals surface area (Å²) in [6.07, 6.45) is 10.4. The van der Waals surface area contributed by atoms with Crippen LogP contribution in [0.2, 0.25) is 0 Å². The van der Waals surface area contributed by atoms with Gasteiger partial charge in [-0.3, -0.25) is 0 Å². The molecule has 138 valence electrons. The predicted molar refractivity (Wildman–Crippen MR) is 117 cm³/mol. The minimum Gasteiger partial charge on any atom is -0.361 e. The van der Waals surface area contributed by atoms with Crippen molar-refractivity contribution in [3.63, 3.8) is 0 Å². The van der Waals surface area contributed by atoms with E-state index in [1.54, 1.807) is 0 Å². The van der Waals surface area contributed by atoms with E-state index in [0.717, 1.165) is 0 Å². The molecule has 3 aromatic rings. The summed E-state index contributed by atoms with van der Waals surface area (Å²) in [6, 6.07) is 17.7. The Balaban J connectivity index is 1.71. The lowest BCUT2D eigenvalue weighted by Crippen LogP contribution is -1.98. The molecule has 0 aliphatic rings. The highest BCUT2D eigenvalue weighted by Gasteiger charge is 2.18. The van der Waals surface area contributed by atoms with Crippen LogP contribution in [0.1, 0.15) is 67.4 Å². The highest BCUT2D eigenvalue weighted by molar-refractivity contribution is 7.99. The van der Waals surface area contributed by atoms with Crippen molar-refractivity contribution in [1.29, 1.82) is 0 Å². The monoisotopic (exact) mass is 365 g/mol. The van der Waals surface area contributed by atoms with Gasteiger partial charge in [0.25, 0.3) is 0 Å². The molecule has 3 rings (SSSR count). The molecule has 1 aromatic heterocycles. The quantitative estimate of drug-likeness (QED) is 0.365. The molecule has 0 saturated heterocycles. The van der Waals surface area contributed by atoms with Gasteiger partial charge in [0, 0.05) is 17.1 Å². The molecule has 0 bridgehead atoms. The van der Waals surface area contributed by atoms with Crippen molar-refractivity contribution in [2.24, 2.45) is 0 Å². The van der Waals surface area contributed by atoms with Gasteiger partial charge in [-0.2, -0.15) is 0 Å². The van der Waals surface area contributed by atoms with Gasteiger partial charge < -0.3 is 4.98 Å². The lowest BCUT2D eigenvalue weighted by Gasteiger charge is -2.17. The van der Waals surface area contributed by atoms with Gasteiger partial charge in [0.1, 0.15) is 0 Å². The van der Waals surface area contributed by atoms with E-state index in [-0.39, 0.29) is 0 Å². The summed E-state index contributed by atoms with van der Waals surface area (Å²) in [5.41, 5.74) is 5.39. The predicted octanol–water partition coefficient (Wildman–Crippen LogP) is 7.66. The maximum Gasteiger partial charge on any atom is 0.0567 e. The zero-order valence-electron chi connectivity index (χ0n) is 16.1. The van der Waals surface area contributed by atoms with Gasteiger partial charge >= 0.3 is 0 Å². The fourth-order valence-electron chi connectivity index (χ4n) is 3.50. The molecule has 1 nitrogen and oxygen atoms in total. The van der Waals surface area contributed by atoms with Crippen LogP contribution in [-0.2, 0) is 0 Å². The number of para-hydroxylation sites is 1. The number of benzene rings is 2. The topological polar surface area (TPSA) is 15.8 Å². The molecular weight excluding hydrogens is 334 g/mol. The van der Waals surface area contributed by atoms with Crippen molar-refractivity contribution >= 4 is 22.7 Å². The summed E-state index contributed by atoms with van der Waals surface area (Å²) in [7, 11) is 0. The minimum atomic E-state index is 0.405. The highest BCUT2D eigenvalue weighted by atomic mass is 32.2. The van der Waals surface area contributed by atoms with Gasteiger partial charge in [0.05, 0.1) is 5.25 Å². The number of thioether (sulfide) groups is 1. The van der Waals surface area contributed by atoms with Gasteiger partial charge in [-0.15, -0.1) is 11.8 Å². The Morgan fingerprint density at radius 3 is 2.42 bits per heavy atom. The third-order valence-electron chi connectivity index (χ3n) is 5.07. The molecule has 0 saturated carbocycles. The van der Waals surface area contributed by atoms with Crippen LogP contribution >= 0.6 is 11.8 Å². The van der Waals surface area contributed by atoms with E-state index in [1.165, 1.54) is 71.9 Å². The number of hydrogen-bond donors (Lipinski definition) is 1. The average Bonchev–Trinajstić information content (AvgIpc) is 3.09. The van der Waals surface area contributed by atoms with E-state index in [1.807, 2.05) is 0 Å². The lowest BCUT2D eigenvalue weighted by molar-refractivity contribution is 0.627. The van der Waals surface area contributed by atoms with Gasteiger partial charge in [-0.1, -0.05) is 87.1 Å². The molecule has 0 fully saturated rings. The van der Waals surface area contributed by atoms with Crippen LogP contribution in [0.5, 0.6) is 0 Å². The first kappa shape index (κ1) is 19.1. The Bertz CT molecular complexity index is 787. The Hall–Kier alpha value is -1.67. The number of unbranched alkanes of at least 4 members (excludes halogenated alkanes) is 5. The molecule has 0 radical (unpaired) electrons. The average molecular weight is 366 g/mol. The summed E-state index contributed by atoms with van der Waals surface area (Å²) in [6.45, 7) is 4.44. The number of fused-ring (bicyclic) bond motifs is 1. The number of aryl methyl sites for hydroxylation is 1. The fourth-order valence-corrected chi connectivity index (χ4v) is 4.83. The van der Waals surface area contributed by atoms with Crippen LogP contribution in [-0.4, -0.2) is 10.7 Å². The second-order valence-corrected chi connectivity index (χ2v) is 8.43. The van der Waals surface area contributed by atoms with E-state index in [4.69, 9.17) is 0 Å². The molecule has 1 N–H and O–H groups in total. The Morgan fingerprint density at radius 2 is 1.62 bits per heavy atom. The number of H-pyrrole nitrogens is 1. The molecule has 26 heavy (non-hydrogen) atoms. The zero-order valence-corrected chi connectivity index (χ0v) is 16.9. The second-order valence-electron chi connectivity index (χ2n) is 7.22. The molecule has 1 atom stereocenters. The Kier molecular flexibility index (Phi) is 7.25. The molecule has 0 spiro atoms. The zero-order chi connectivity index (χ0) is 18.2. The first-order chi connectivity index (χ1) is 12.8. The van der Waals surface area contributed by atoms with E-state index in [2.05, 4.69) is 85.3 Å². The van der Waals surface area contributed by atoms with Crippen molar-refractivity contribution in [2.75, 3.05) is 5.75 Å². The minimum absolute atomic E-state index is 0.405. The van der Waals surface area contributed by atoms with E-state index in [0.29, 0.717) is 5.25 Å². The molecule has 0 amide bonds. The summed E-state index contributed by atoms with van der Waals surface area (Å²) < 4.78 is 0. The van der Waals surface area contributed by atoms with E-state index >= 15 is 0 Å². The first-order valence-corrected chi connectivity index (χ1v) is 11.1. The number of aromatic nitrogens is 1. The SMILES string of the molecule is CCCCCCCCSC(c1ccc(C)cc1)c1c[nH]c2ccccc12. The third kappa shape index (κ3) is 4.94. The lowest BCUT2D eigenvalue weighted by atomic mass is 10.0. The molecule has 1 heterocycles. The van der Waals surface area contributed by atoms with Gasteiger partial charge in [-0.05, 0) is 36.3 Å². The number of aromatic amines is 1.